The van der Waals surface area contributed by atoms with Crippen LogP contribution in [0.5, 0.6) is 0 Å². The first-order chi connectivity index (χ1) is 6.27. The second kappa shape index (κ2) is 3.05. The van der Waals surface area contributed by atoms with Crippen molar-refractivity contribution in [2.75, 3.05) is 0 Å². The SMILES string of the molecule is Cc1ncn(Cc2cn[nH]c2)c1C. The van der Waals surface area contributed by atoms with E-state index in [0.29, 0.717) is 0 Å². The van der Waals surface area contributed by atoms with Crippen LogP contribution in [-0.2, 0) is 6.54 Å². The molecule has 0 aliphatic heterocycles. The molecule has 4 nitrogen and oxygen atoms in total. The van der Waals surface area contributed by atoms with Crippen molar-refractivity contribution in [2.24, 2.45) is 0 Å². The lowest BCUT2D eigenvalue weighted by atomic mass is 10.3. The number of aromatic amines is 1. The Hall–Kier alpha value is -1.58. The van der Waals surface area contributed by atoms with E-state index in [1.807, 2.05) is 25.6 Å². The van der Waals surface area contributed by atoms with Crippen molar-refractivity contribution < 1.29 is 0 Å². The Morgan fingerprint density at radius 1 is 1.46 bits per heavy atom. The van der Waals surface area contributed by atoms with Crippen LogP contribution in [0.2, 0.25) is 0 Å². The molecule has 13 heavy (non-hydrogen) atoms. The van der Waals surface area contributed by atoms with E-state index >= 15 is 0 Å². The maximum absolute atomic E-state index is 4.23. The Bertz CT molecular complexity index is 386. The molecule has 0 unspecified atom stereocenters. The number of hydrogen-bond donors (Lipinski definition) is 1. The van der Waals surface area contributed by atoms with Gasteiger partial charge in [-0.2, -0.15) is 5.10 Å². The van der Waals surface area contributed by atoms with Crippen molar-refractivity contribution in [3.63, 3.8) is 0 Å². The predicted octanol–water partition coefficient (Wildman–Crippen LogP) is 1.27. The summed E-state index contributed by atoms with van der Waals surface area (Å²) in [6.45, 7) is 4.92. The van der Waals surface area contributed by atoms with Crippen molar-refractivity contribution in [3.05, 3.63) is 35.7 Å². The largest absolute Gasteiger partial charge is 0.330 e. The van der Waals surface area contributed by atoms with Gasteiger partial charge >= 0.3 is 0 Å². The second-order valence-corrected chi connectivity index (χ2v) is 3.15. The van der Waals surface area contributed by atoms with E-state index in [0.717, 1.165) is 12.2 Å². The molecule has 0 radical (unpaired) electrons. The number of nitrogens with zero attached hydrogens (tertiary/aromatic N) is 3. The average Bonchev–Trinajstić information content (AvgIpc) is 2.71. The average molecular weight is 176 g/mol. The summed E-state index contributed by atoms with van der Waals surface area (Å²) >= 11 is 0. The van der Waals surface area contributed by atoms with Crippen LogP contribution < -0.4 is 0 Å². The van der Waals surface area contributed by atoms with E-state index in [9.17, 15) is 0 Å². The summed E-state index contributed by atoms with van der Waals surface area (Å²) < 4.78 is 2.11. The molecule has 1 N–H and O–H groups in total. The summed E-state index contributed by atoms with van der Waals surface area (Å²) in [5.74, 6) is 0. The summed E-state index contributed by atoms with van der Waals surface area (Å²) in [6.07, 6.45) is 5.58. The fourth-order valence-electron chi connectivity index (χ4n) is 1.26. The monoisotopic (exact) mass is 176 g/mol. The van der Waals surface area contributed by atoms with Gasteiger partial charge in [0.05, 0.1) is 24.8 Å². The quantitative estimate of drug-likeness (QED) is 0.749. The minimum atomic E-state index is 0.836. The van der Waals surface area contributed by atoms with Gasteiger partial charge in [0.1, 0.15) is 0 Å². The predicted molar refractivity (Wildman–Crippen MR) is 49.4 cm³/mol. The molecule has 0 aliphatic carbocycles. The fraction of sp³-hybridized carbons (Fsp3) is 0.333. The maximum atomic E-state index is 4.23. The molecule has 0 aromatic carbocycles. The van der Waals surface area contributed by atoms with Crippen LogP contribution in [0.3, 0.4) is 0 Å². The third-order valence-electron chi connectivity index (χ3n) is 2.25. The van der Waals surface area contributed by atoms with Crippen molar-refractivity contribution >= 4 is 0 Å². The van der Waals surface area contributed by atoms with E-state index in [2.05, 4.69) is 26.7 Å². The smallest absolute Gasteiger partial charge is 0.0954 e. The third kappa shape index (κ3) is 1.47. The second-order valence-electron chi connectivity index (χ2n) is 3.15. The lowest BCUT2D eigenvalue weighted by Gasteiger charge is -2.01. The highest BCUT2D eigenvalue weighted by molar-refractivity contribution is 5.12. The van der Waals surface area contributed by atoms with E-state index in [-0.39, 0.29) is 0 Å². The Kier molecular flexibility index (Phi) is 1.88. The number of aryl methyl sites for hydroxylation is 1. The number of rotatable bonds is 2. The molecule has 0 bridgehead atoms. The van der Waals surface area contributed by atoms with Crippen molar-refractivity contribution in [3.8, 4) is 0 Å². The number of imidazole rings is 1. The molecule has 0 fully saturated rings. The van der Waals surface area contributed by atoms with Crippen LogP contribution in [0.4, 0.5) is 0 Å². The number of H-pyrrole nitrogens is 1. The zero-order valence-corrected chi connectivity index (χ0v) is 7.78. The number of hydrogen-bond acceptors (Lipinski definition) is 2. The van der Waals surface area contributed by atoms with Gasteiger partial charge in [0.2, 0.25) is 0 Å². The summed E-state index contributed by atoms with van der Waals surface area (Å²) in [5.41, 5.74) is 3.46. The topological polar surface area (TPSA) is 46.5 Å². The first kappa shape index (κ1) is 8.04. The molecule has 68 valence electrons. The van der Waals surface area contributed by atoms with E-state index in [1.54, 1.807) is 0 Å². The molecule has 4 heteroatoms. The molecule has 0 atom stereocenters. The summed E-state index contributed by atoms with van der Waals surface area (Å²) in [7, 11) is 0. The molecule has 2 rings (SSSR count). The van der Waals surface area contributed by atoms with Crippen LogP contribution in [0.15, 0.2) is 18.7 Å². The van der Waals surface area contributed by atoms with Gasteiger partial charge < -0.3 is 4.57 Å². The molecular weight excluding hydrogens is 164 g/mol. The van der Waals surface area contributed by atoms with Crippen LogP contribution in [0.1, 0.15) is 17.0 Å². The van der Waals surface area contributed by atoms with E-state index < -0.39 is 0 Å². The number of aromatic nitrogens is 4. The summed E-state index contributed by atoms with van der Waals surface area (Å²) in [5, 5.41) is 6.69. The van der Waals surface area contributed by atoms with Gasteiger partial charge in [-0.1, -0.05) is 0 Å². The zero-order chi connectivity index (χ0) is 9.26. The third-order valence-corrected chi connectivity index (χ3v) is 2.25. The molecule has 2 aromatic heterocycles. The van der Waals surface area contributed by atoms with Gasteiger partial charge in [0, 0.05) is 17.5 Å². The Balaban J connectivity index is 2.24. The summed E-state index contributed by atoms with van der Waals surface area (Å²) in [4.78, 5) is 4.23. The van der Waals surface area contributed by atoms with Crippen molar-refractivity contribution in [2.45, 2.75) is 20.4 Å². The molecule has 2 aromatic rings. The van der Waals surface area contributed by atoms with E-state index in [4.69, 9.17) is 0 Å². The highest BCUT2D eigenvalue weighted by atomic mass is 15.1. The first-order valence-corrected chi connectivity index (χ1v) is 4.23. The number of nitrogens with one attached hydrogen (secondary N) is 1. The van der Waals surface area contributed by atoms with Gasteiger partial charge in [-0.3, -0.25) is 5.10 Å². The molecule has 0 aliphatic rings. The maximum Gasteiger partial charge on any atom is 0.0954 e. The van der Waals surface area contributed by atoms with Crippen molar-refractivity contribution in [1.29, 1.82) is 0 Å². The standard InChI is InChI=1S/C9H12N4/c1-7-8(2)13(6-10-7)5-9-3-11-12-4-9/h3-4,6H,5H2,1-2H3,(H,11,12). The Morgan fingerprint density at radius 2 is 2.31 bits per heavy atom. The minimum absolute atomic E-state index is 0.836. The van der Waals surface area contributed by atoms with E-state index in [1.165, 1.54) is 11.3 Å². The van der Waals surface area contributed by atoms with Crippen LogP contribution in [-0.4, -0.2) is 19.7 Å². The lowest BCUT2D eigenvalue weighted by molar-refractivity contribution is 0.769. The Labute approximate surface area is 76.6 Å². The molecule has 2 heterocycles. The molecule has 0 saturated carbocycles. The van der Waals surface area contributed by atoms with Crippen LogP contribution in [0, 0.1) is 13.8 Å². The lowest BCUT2D eigenvalue weighted by Crippen LogP contribution is -1.99. The Morgan fingerprint density at radius 3 is 2.85 bits per heavy atom. The van der Waals surface area contributed by atoms with Crippen LogP contribution in [0.25, 0.3) is 0 Å². The van der Waals surface area contributed by atoms with Crippen LogP contribution >= 0.6 is 0 Å². The van der Waals surface area contributed by atoms with Gasteiger partial charge in [0.25, 0.3) is 0 Å². The van der Waals surface area contributed by atoms with Gasteiger partial charge in [-0.25, -0.2) is 4.98 Å². The molecular formula is C9H12N4. The molecule has 0 amide bonds. The normalized spacial score (nSPS) is 10.6. The van der Waals surface area contributed by atoms with Gasteiger partial charge in [0.15, 0.2) is 0 Å². The highest BCUT2D eigenvalue weighted by Crippen LogP contribution is 2.07. The van der Waals surface area contributed by atoms with Gasteiger partial charge in [-0.15, -0.1) is 0 Å². The van der Waals surface area contributed by atoms with Crippen molar-refractivity contribution in [1.82, 2.24) is 19.7 Å². The zero-order valence-electron chi connectivity index (χ0n) is 7.78. The minimum Gasteiger partial charge on any atom is -0.330 e. The summed E-state index contributed by atoms with van der Waals surface area (Å²) in [6, 6.07) is 0. The highest BCUT2D eigenvalue weighted by Gasteiger charge is 2.02. The molecule has 0 saturated heterocycles. The fourth-order valence-corrected chi connectivity index (χ4v) is 1.26. The molecule has 0 spiro atoms. The van der Waals surface area contributed by atoms with Gasteiger partial charge in [-0.05, 0) is 13.8 Å². The first-order valence-electron chi connectivity index (χ1n) is 4.23.